The summed E-state index contributed by atoms with van der Waals surface area (Å²) in [5.74, 6) is -0.524. The third kappa shape index (κ3) is 5.52. The molecule has 4 aromatic rings. The quantitative estimate of drug-likeness (QED) is 0.313. The molecular weight excluding hydrogens is 558 g/mol. The molecule has 0 radical (unpaired) electrons. The van der Waals surface area contributed by atoms with Gasteiger partial charge in [-0.25, -0.2) is 16.8 Å². The average Bonchev–Trinajstić information content (AvgIpc) is 2.97. The van der Waals surface area contributed by atoms with Crippen molar-refractivity contribution < 1.29 is 21.6 Å². The number of fused-ring (bicyclic) bond motifs is 2. The number of nitrogens with one attached hydrogen (secondary N) is 1. The molecule has 0 aromatic heterocycles. The minimum Gasteiger partial charge on any atom is -0.324 e. The van der Waals surface area contributed by atoms with Crippen LogP contribution in [0.15, 0.2) is 94.7 Å². The molecule has 1 aliphatic heterocycles. The highest BCUT2D eigenvalue weighted by atomic mass is 32.2. The summed E-state index contributed by atoms with van der Waals surface area (Å²) in [7, 11) is -7.83. The summed E-state index contributed by atoms with van der Waals surface area (Å²) in [5, 5.41) is 4.56. The van der Waals surface area contributed by atoms with E-state index in [2.05, 4.69) is 5.32 Å². The fraction of sp³-hybridized carbons (Fsp3) is 0.258. The second-order valence-corrected chi connectivity index (χ2v) is 13.9. The van der Waals surface area contributed by atoms with Gasteiger partial charge >= 0.3 is 0 Å². The molecule has 0 saturated heterocycles. The summed E-state index contributed by atoms with van der Waals surface area (Å²) in [6.45, 7) is 5.98. The third-order valence-electron chi connectivity index (χ3n) is 7.65. The zero-order valence-electron chi connectivity index (χ0n) is 23.2. The maximum Gasteiger partial charge on any atom is 0.244 e. The highest BCUT2D eigenvalue weighted by Gasteiger charge is 2.40. The van der Waals surface area contributed by atoms with Crippen molar-refractivity contribution in [2.75, 3.05) is 18.4 Å². The number of hydrogen-bond acceptors (Lipinski definition) is 5. The van der Waals surface area contributed by atoms with Crippen molar-refractivity contribution in [3.63, 3.8) is 0 Å². The van der Waals surface area contributed by atoms with Crippen molar-refractivity contribution in [2.24, 2.45) is 0 Å². The van der Waals surface area contributed by atoms with Crippen LogP contribution in [-0.2, 0) is 37.8 Å². The van der Waals surface area contributed by atoms with E-state index in [-0.39, 0.29) is 22.8 Å². The van der Waals surface area contributed by atoms with Gasteiger partial charge in [-0.15, -0.1) is 0 Å². The number of carbonyl (C=O) groups excluding carboxylic acids is 1. The summed E-state index contributed by atoms with van der Waals surface area (Å²) in [4.78, 5) is 14.0. The third-order valence-corrected chi connectivity index (χ3v) is 11.5. The van der Waals surface area contributed by atoms with Gasteiger partial charge in [-0.2, -0.15) is 8.61 Å². The number of carbonyl (C=O) groups is 1. The van der Waals surface area contributed by atoms with Gasteiger partial charge in [-0.05, 0) is 65.1 Å². The summed E-state index contributed by atoms with van der Waals surface area (Å²) < 4.78 is 57.0. The van der Waals surface area contributed by atoms with Gasteiger partial charge in [0.1, 0.15) is 6.04 Å². The Morgan fingerprint density at radius 2 is 1.46 bits per heavy atom. The second-order valence-electron chi connectivity index (χ2n) is 10.1. The van der Waals surface area contributed by atoms with Crippen LogP contribution in [-0.4, -0.2) is 50.5 Å². The Kier molecular flexibility index (Phi) is 8.02. The Balaban J connectivity index is 1.52. The molecule has 0 spiro atoms. The number of anilines is 1. The highest BCUT2D eigenvalue weighted by Crippen LogP contribution is 2.32. The van der Waals surface area contributed by atoms with Crippen LogP contribution >= 0.6 is 0 Å². The second kappa shape index (κ2) is 11.4. The molecule has 1 aliphatic rings. The van der Waals surface area contributed by atoms with E-state index in [1.54, 1.807) is 45.0 Å². The van der Waals surface area contributed by atoms with E-state index in [0.29, 0.717) is 24.3 Å². The van der Waals surface area contributed by atoms with E-state index >= 15 is 0 Å². The summed E-state index contributed by atoms with van der Waals surface area (Å²) in [5.41, 5.74) is 2.72. The van der Waals surface area contributed by atoms with E-state index in [1.807, 2.05) is 48.5 Å². The van der Waals surface area contributed by atoms with Crippen LogP contribution in [0.5, 0.6) is 0 Å². The van der Waals surface area contributed by atoms with Crippen molar-refractivity contribution in [1.82, 2.24) is 8.61 Å². The van der Waals surface area contributed by atoms with E-state index in [9.17, 15) is 21.6 Å². The first-order valence-electron chi connectivity index (χ1n) is 13.6. The van der Waals surface area contributed by atoms with Gasteiger partial charge in [-0.3, -0.25) is 4.79 Å². The molecule has 1 amide bonds. The zero-order chi connectivity index (χ0) is 29.4. The standard InChI is InChI=1S/C31H33N3O5S2/c1-4-33(5-2)40(36,37)28-16-14-22(3)29(20-28)32-31(35)30-19-25-12-8-9-13-26(25)21-34(30)41(38,39)27-17-15-23-10-6-7-11-24(23)18-27/h6-18,20,30H,4-5,19,21H2,1-3H3,(H,32,35). The van der Waals surface area contributed by atoms with Gasteiger partial charge < -0.3 is 5.32 Å². The molecule has 0 aliphatic carbocycles. The number of aryl methyl sites for hydroxylation is 1. The molecule has 214 valence electrons. The first-order valence-corrected chi connectivity index (χ1v) is 16.4. The lowest BCUT2D eigenvalue weighted by Crippen LogP contribution is -2.50. The van der Waals surface area contributed by atoms with Gasteiger partial charge in [0, 0.05) is 25.3 Å². The lowest BCUT2D eigenvalue weighted by molar-refractivity contribution is -0.120. The van der Waals surface area contributed by atoms with Gasteiger partial charge in [0.15, 0.2) is 0 Å². The monoisotopic (exact) mass is 591 g/mol. The van der Waals surface area contributed by atoms with Crippen molar-refractivity contribution in [3.05, 3.63) is 102 Å². The Morgan fingerprint density at radius 3 is 2.17 bits per heavy atom. The van der Waals surface area contributed by atoms with Gasteiger partial charge in [-0.1, -0.05) is 74.5 Å². The predicted molar refractivity (Wildman–Crippen MR) is 161 cm³/mol. The van der Waals surface area contributed by atoms with Crippen LogP contribution in [0.3, 0.4) is 0 Å². The Morgan fingerprint density at radius 1 is 0.829 bits per heavy atom. The molecule has 0 fully saturated rings. The largest absolute Gasteiger partial charge is 0.324 e. The summed E-state index contributed by atoms with van der Waals surface area (Å²) >= 11 is 0. The van der Waals surface area contributed by atoms with Crippen LogP contribution in [0.1, 0.15) is 30.5 Å². The minimum absolute atomic E-state index is 0.0405. The molecule has 4 aromatic carbocycles. The molecule has 1 unspecified atom stereocenters. The van der Waals surface area contributed by atoms with Gasteiger partial charge in [0.2, 0.25) is 26.0 Å². The molecule has 5 rings (SSSR count). The number of amides is 1. The van der Waals surface area contributed by atoms with Gasteiger partial charge in [0.25, 0.3) is 0 Å². The molecule has 41 heavy (non-hydrogen) atoms. The SMILES string of the molecule is CCN(CC)S(=O)(=O)c1ccc(C)c(NC(=O)C2Cc3ccccc3CN2S(=O)(=O)c2ccc3ccccc3c2)c1. The molecule has 10 heteroatoms. The zero-order valence-corrected chi connectivity index (χ0v) is 24.9. The first kappa shape index (κ1) is 28.9. The van der Waals surface area contributed by atoms with Crippen LogP contribution in [0.25, 0.3) is 10.8 Å². The van der Waals surface area contributed by atoms with Crippen molar-refractivity contribution in [2.45, 2.75) is 49.6 Å². The topological polar surface area (TPSA) is 104 Å². The molecule has 8 nitrogen and oxygen atoms in total. The molecular formula is C31H33N3O5S2. The number of nitrogens with zero attached hydrogens (tertiary/aromatic N) is 2. The number of benzene rings is 4. The van der Waals surface area contributed by atoms with Crippen LogP contribution in [0.4, 0.5) is 5.69 Å². The average molecular weight is 592 g/mol. The van der Waals surface area contributed by atoms with E-state index in [1.165, 1.54) is 20.7 Å². The summed E-state index contributed by atoms with van der Waals surface area (Å²) in [6.07, 6.45) is 0.186. The van der Waals surface area contributed by atoms with Crippen LogP contribution in [0, 0.1) is 6.92 Å². The minimum atomic E-state index is -4.07. The van der Waals surface area contributed by atoms with Crippen LogP contribution in [0.2, 0.25) is 0 Å². The van der Waals surface area contributed by atoms with Crippen molar-refractivity contribution in [1.29, 1.82) is 0 Å². The van der Waals surface area contributed by atoms with E-state index < -0.39 is 32.0 Å². The lowest BCUT2D eigenvalue weighted by Gasteiger charge is -2.35. The maximum atomic E-state index is 14.1. The normalized spacial score (nSPS) is 16.0. The molecule has 0 saturated carbocycles. The fourth-order valence-electron chi connectivity index (χ4n) is 5.26. The fourth-order valence-corrected chi connectivity index (χ4v) is 8.35. The smallest absolute Gasteiger partial charge is 0.244 e. The first-order chi connectivity index (χ1) is 19.6. The Bertz CT molecular complexity index is 1830. The molecule has 1 N–H and O–H groups in total. The van der Waals surface area contributed by atoms with Crippen molar-refractivity contribution >= 4 is 42.4 Å². The molecule has 0 bridgehead atoms. The van der Waals surface area contributed by atoms with Crippen molar-refractivity contribution in [3.8, 4) is 0 Å². The van der Waals surface area contributed by atoms with Crippen LogP contribution < -0.4 is 5.32 Å². The Labute approximate surface area is 241 Å². The Hall–Kier alpha value is -3.57. The highest BCUT2D eigenvalue weighted by molar-refractivity contribution is 7.89. The number of sulfonamides is 2. The number of rotatable bonds is 8. The molecule has 1 atom stereocenters. The molecule has 1 heterocycles. The lowest BCUT2D eigenvalue weighted by atomic mass is 9.95. The predicted octanol–water partition coefficient (Wildman–Crippen LogP) is 4.93. The summed E-state index contributed by atoms with van der Waals surface area (Å²) in [6, 6.07) is 23.5. The van der Waals surface area contributed by atoms with E-state index in [4.69, 9.17) is 0 Å². The number of hydrogen-bond donors (Lipinski definition) is 1. The van der Waals surface area contributed by atoms with E-state index in [0.717, 1.165) is 21.9 Å². The van der Waals surface area contributed by atoms with Gasteiger partial charge in [0.05, 0.1) is 9.79 Å². The maximum absolute atomic E-state index is 14.1.